The van der Waals surface area contributed by atoms with Crippen LogP contribution in [0, 0.1) is 0 Å². The zero-order chi connectivity index (χ0) is 30.9. The van der Waals surface area contributed by atoms with Crippen molar-refractivity contribution in [2.75, 3.05) is 20.3 Å². The number of nitrogens with zero attached hydrogens (tertiary/aromatic N) is 2. The van der Waals surface area contributed by atoms with Crippen LogP contribution in [-0.4, -0.2) is 59.2 Å². The molecule has 2 aliphatic rings. The molecule has 0 radical (unpaired) electrons. The van der Waals surface area contributed by atoms with Gasteiger partial charge in [0, 0.05) is 19.3 Å². The maximum Gasteiger partial charge on any atom is 0.417 e. The molecule has 2 aliphatic heterocycles. The SMILES string of the molecule is CCC1(CC)CC(=O)N(C(CCOC)c2ccc(C(F)(F)F)c(C(=O)N[C@@H]3c4ccccc4OC[C@]3(C)O)c2)C(N)=N1. The number of alkyl halides is 3. The molecule has 0 spiro atoms. The lowest BCUT2D eigenvalue weighted by Gasteiger charge is -2.40. The summed E-state index contributed by atoms with van der Waals surface area (Å²) in [6, 6.07) is 7.97. The average Bonchev–Trinajstić information content (AvgIpc) is 2.95. The molecule has 0 saturated heterocycles. The number of nitrogens with two attached hydrogens (primary N) is 1. The number of fused-ring (bicyclic) bond motifs is 1. The third-order valence-electron chi connectivity index (χ3n) is 8.20. The van der Waals surface area contributed by atoms with Crippen molar-refractivity contribution >= 4 is 17.8 Å². The molecule has 4 rings (SSSR count). The van der Waals surface area contributed by atoms with Crippen molar-refractivity contribution in [1.82, 2.24) is 10.2 Å². The van der Waals surface area contributed by atoms with Gasteiger partial charge in [0.15, 0.2) is 5.96 Å². The molecule has 2 heterocycles. The molecule has 228 valence electrons. The van der Waals surface area contributed by atoms with Gasteiger partial charge >= 0.3 is 6.18 Å². The fraction of sp³-hybridized carbons (Fsp3) is 0.500. The average molecular weight is 591 g/mol. The number of aliphatic hydroxyl groups is 1. The second-order valence-electron chi connectivity index (χ2n) is 11.0. The van der Waals surface area contributed by atoms with Crippen LogP contribution in [0.3, 0.4) is 0 Å². The predicted octanol–water partition coefficient (Wildman–Crippen LogP) is 4.50. The molecule has 0 aliphatic carbocycles. The van der Waals surface area contributed by atoms with E-state index in [0.717, 1.165) is 12.1 Å². The monoisotopic (exact) mass is 590 g/mol. The first-order valence-electron chi connectivity index (χ1n) is 13.9. The minimum atomic E-state index is -4.85. The number of carbonyl (C=O) groups excluding carboxylic acids is 2. The Kier molecular flexibility index (Phi) is 8.89. The van der Waals surface area contributed by atoms with E-state index in [4.69, 9.17) is 15.2 Å². The van der Waals surface area contributed by atoms with Crippen LogP contribution in [0.1, 0.15) is 85.6 Å². The molecule has 42 heavy (non-hydrogen) atoms. The molecule has 0 aromatic heterocycles. The number of carbonyl (C=O) groups is 2. The number of hydrogen-bond donors (Lipinski definition) is 3. The third-order valence-corrected chi connectivity index (χ3v) is 8.20. The van der Waals surface area contributed by atoms with E-state index in [0.29, 0.717) is 24.2 Å². The van der Waals surface area contributed by atoms with Gasteiger partial charge < -0.3 is 25.6 Å². The Hall–Kier alpha value is -3.64. The number of rotatable bonds is 9. The molecule has 4 N–H and O–H groups in total. The number of benzene rings is 2. The molecular formula is C30H37F3N4O5. The van der Waals surface area contributed by atoms with Gasteiger partial charge in [-0.15, -0.1) is 0 Å². The van der Waals surface area contributed by atoms with Crippen LogP contribution in [0.4, 0.5) is 13.2 Å². The number of methoxy groups -OCH3 is 1. The highest BCUT2D eigenvalue weighted by Crippen LogP contribution is 2.40. The first-order valence-corrected chi connectivity index (χ1v) is 13.9. The number of para-hydroxylation sites is 1. The highest BCUT2D eigenvalue weighted by Gasteiger charge is 2.44. The highest BCUT2D eigenvalue weighted by molar-refractivity contribution is 6.00. The Balaban J connectivity index is 1.78. The van der Waals surface area contributed by atoms with Crippen molar-refractivity contribution in [2.45, 2.75) is 75.9 Å². The van der Waals surface area contributed by atoms with E-state index in [9.17, 15) is 27.9 Å². The summed E-state index contributed by atoms with van der Waals surface area (Å²) < 4.78 is 53.4. The van der Waals surface area contributed by atoms with Crippen LogP contribution >= 0.6 is 0 Å². The molecule has 2 aromatic rings. The molecule has 12 heteroatoms. The van der Waals surface area contributed by atoms with E-state index in [1.165, 1.54) is 25.0 Å². The van der Waals surface area contributed by atoms with Gasteiger partial charge in [0.05, 0.1) is 35.2 Å². The number of halogens is 3. The standard InChI is InChI=1S/C30H37F3N4O5/c1-5-29(6-2)16-24(38)37(27(34)36-29)22(13-14-41-4)18-11-12-21(30(31,32)33)20(15-18)26(39)35-25-19-9-7-8-10-23(19)42-17-28(25,3)40/h7-12,15,22,25,40H,5-6,13-14,16-17H2,1-4H3,(H2,34,36)(H,35,39)/t22?,25-,28+/m1/s1. The highest BCUT2D eigenvalue weighted by atomic mass is 19.4. The largest absolute Gasteiger partial charge is 0.490 e. The fourth-order valence-electron chi connectivity index (χ4n) is 5.64. The second kappa shape index (κ2) is 11.9. The Morgan fingerprint density at radius 1 is 1.26 bits per heavy atom. The topological polar surface area (TPSA) is 126 Å². The van der Waals surface area contributed by atoms with E-state index in [-0.39, 0.29) is 43.5 Å². The maximum atomic E-state index is 14.2. The number of nitrogens with one attached hydrogen (secondary N) is 1. The van der Waals surface area contributed by atoms with Crippen molar-refractivity contribution in [3.05, 3.63) is 64.7 Å². The van der Waals surface area contributed by atoms with Crippen LogP contribution in [0.15, 0.2) is 47.5 Å². The van der Waals surface area contributed by atoms with Gasteiger partial charge in [0.2, 0.25) is 5.91 Å². The summed E-state index contributed by atoms with van der Waals surface area (Å²) >= 11 is 0. The molecule has 0 fully saturated rings. The zero-order valence-electron chi connectivity index (χ0n) is 24.1. The van der Waals surface area contributed by atoms with Crippen molar-refractivity contribution < 1.29 is 37.3 Å². The zero-order valence-corrected chi connectivity index (χ0v) is 24.1. The van der Waals surface area contributed by atoms with Gasteiger partial charge in [-0.25, -0.2) is 4.99 Å². The van der Waals surface area contributed by atoms with Crippen LogP contribution in [0.25, 0.3) is 0 Å². The molecular weight excluding hydrogens is 553 g/mol. The van der Waals surface area contributed by atoms with Crippen molar-refractivity contribution in [3.63, 3.8) is 0 Å². The molecule has 1 unspecified atom stereocenters. The Morgan fingerprint density at radius 2 is 1.95 bits per heavy atom. The van der Waals surface area contributed by atoms with E-state index in [1.807, 2.05) is 13.8 Å². The Bertz CT molecular complexity index is 1360. The van der Waals surface area contributed by atoms with Crippen LogP contribution in [0.2, 0.25) is 0 Å². The van der Waals surface area contributed by atoms with Crippen molar-refractivity contribution in [3.8, 4) is 5.75 Å². The summed E-state index contributed by atoms with van der Waals surface area (Å²) in [4.78, 5) is 33.0. The fourth-order valence-corrected chi connectivity index (χ4v) is 5.64. The van der Waals surface area contributed by atoms with Gasteiger partial charge in [-0.2, -0.15) is 13.2 Å². The van der Waals surface area contributed by atoms with E-state index < -0.39 is 46.4 Å². The number of ether oxygens (including phenoxy) is 2. The molecule has 3 atom stereocenters. The minimum absolute atomic E-state index is 0.0307. The minimum Gasteiger partial charge on any atom is -0.490 e. The third kappa shape index (κ3) is 6.10. The van der Waals surface area contributed by atoms with Gasteiger partial charge in [0.1, 0.15) is 18.0 Å². The van der Waals surface area contributed by atoms with Crippen LogP contribution < -0.4 is 15.8 Å². The first-order chi connectivity index (χ1) is 19.8. The molecule has 0 saturated carbocycles. The quantitative estimate of drug-likeness (QED) is 0.395. The van der Waals surface area contributed by atoms with Crippen LogP contribution in [0.5, 0.6) is 5.75 Å². The normalized spacial score (nSPS) is 22.6. The Morgan fingerprint density at radius 3 is 2.57 bits per heavy atom. The van der Waals surface area contributed by atoms with E-state index in [1.54, 1.807) is 24.3 Å². The van der Waals surface area contributed by atoms with E-state index in [2.05, 4.69) is 10.3 Å². The van der Waals surface area contributed by atoms with Crippen LogP contribution in [-0.2, 0) is 15.7 Å². The molecule has 0 bridgehead atoms. The summed E-state index contributed by atoms with van der Waals surface area (Å²) in [5.74, 6) is -0.975. The summed E-state index contributed by atoms with van der Waals surface area (Å²) in [5, 5.41) is 13.6. The van der Waals surface area contributed by atoms with Gasteiger partial charge in [-0.05, 0) is 49.9 Å². The lowest BCUT2D eigenvalue weighted by Crippen LogP contribution is -2.52. The smallest absolute Gasteiger partial charge is 0.417 e. The lowest BCUT2D eigenvalue weighted by atomic mass is 9.86. The number of aliphatic imine (C=N–C) groups is 1. The lowest BCUT2D eigenvalue weighted by molar-refractivity contribution is -0.138. The Labute approximate surface area is 242 Å². The van der Waals surface area contributed by atoms with Crippen molar-refractivity contribution in [1.29, 1.82) is 0 Å². The number of guanidine groups is 1. The molecule has 2 aromatic carbocycles. The number of hydrogen-bond acceptors (Lipinski definition) is 7. The van der Waals surface area contributed by atoms with Gasteiger partial charge in [-0.1, -0.05) is 38.1 Å². The maximum absolute atomic E-state index is 14.2. The van der Waals surface area contributed by atoms with Gasteiger partial charge in [-0.3, -0.25) is 14.5 Å². The summed E-state index contributed by atoms with van der Waals surface area (Å²) in [5.41, 5.74) is 2.95. The number of amides is 2. The van der Waals surface area contributed by atoms with Crippen molar-refractivity contribution in [2.24, 2.45) is 10.7 Å². The molecule has 9 nitrogen and oxygen atoms in total. The van der Waals surface area contributed by atoms with Gasteiger partial charge in [0.25, 0.3) is 5.91 Å². The summed E-state index contributed by atoms with van der Waals surface area (Å²) in [6.07, 6.45) is -3.38. The first kappa shape index (κ1) is 31.3. The summed E-state index contributed by atoms with van der Waals surface area (Å²) in [6.45, 7) is 5.26. The van der Waals surface area contributed by atoms with E-state index >= 15 is 0 Å². The molecule has 2 amide bonds. The predicted molar refractivity (Wildman–Crippen MR) is 150 cm³/mol. The second-order valence-corrected chi connectivity index (χ2v) is 11.0. The summed E-state index contributed by atoms with van der Waals surface area (Å²) in [7, 11) is 1.47.